The van der Waals surface area contributed by atoms with Crippen LogP contribution in [0.25, 0.3) is 5.95 Å². The first-order chi connectivity index (χ1) is 10.1. The minimum Gasteiger partial charge on any atom is -0.368 e. The summed E-state index contributed by atoms with van der Waals surface area (Å²) in [4.78, 5) is 16.2. The van der Waals surface area contributed by atoms with Gasteiger partial charge in [-0.1, -0.05) is 0 Å². The molecule has 10 nitrogen and oxygen atoms in total. The van der Waals surface area contributed by atoms with Crippen LogP contribution in [-0.2, 0) is 13.6 Å². The second-order valence-corrected chi connectivity index (χ2v) is 4.39. The minimum absolute atomic E-state index is 0.112. The summed E-state index contributed by atoms with van der Waals surface area (Å²) in [6.07, 6.45) is 4.68. The number of hydrogen-bond acceptors (Lipinski definition) is 8. The molecule has 10 heteroatoms. The van der Waals surface area contributed by atoms with Crippen LogP contribution in [0.15, 0.2) is 18.9 Å². The van der Waals surface area contributed by atoms with E-state index in [4.69, 9.17) is 5.73 Å². The number of nitrogens with two attached hydrogens (primary N) is 1. The molecular formula is C11H14N10. The van der Waals surface area contributed by atoms with Crippen LogP contribution >= 0.6 is 0 Å². The van der Waals surface area contributed by atoms with Crippen LogP contribution in [0.5, 0.6) is 0 Å². The summed E-state index contributed by atoms with van der Waals surface area (Å²) in [7, 11) is 1.89. The van der Waals surface area contributed by atoms with E-state index in [1.54, 1.807) is 10.9 Å². The van der Waals surface area contributed by atoms with Crippen LogP contribution in [0.3, 0.4) is 0 Å². The fourth-order valence-corrected chi connectivity index (χ4v) is 1.77. The molecule has 0 fully saturated rings. The Morgan fingerprint density at radius 2 is 2.10 bits per heavy atom. The molecule has 3 N–H and O–H groups in total. The van der Waals surface area contributed by atoms with Crippen molar-refractivity contribution in [2.45, 2.75) is 13.5 Å². The molecule has 0 spiro atoms. The lowest BCUT2D eigenvalue weighted by Crippen LogP contribution is -2.11. The Balaban J connectivity index is 1.81. The number of aromatic nitrogens is 8. The molecule has 0 aliphatic carbocycles. The van der Waals surface area contributed by atoms with Gasteiger partial charge in [-0.15, -0.1) is 0 Å². The van der Waals surface area contributed by atoms with E-state index in [2.05, 4.69) is 35.5 Å². The molecule has 3 aromatic rings. The molecule has 0 unspecified atom stereocenters. The highest BCUT2D eigenvalue weighted by molar-refractivity contribution is 5.35. The molecule has 3 aromatic heterocycles. The van der Waals surface area contributed by atoms with Crippen molar-refractivity contribution in [2.24, 2.45) is 7.05 Å². The van der Waals surface area contributed by atoms with Gasteiger partial charge in [0.05, 0.1) is 6.20 Å². The van der Waals surface area contributed by atoms with E-state index in [0.717, 1.165) is 11.3 Å². The summed E-state index contributed by atoms with van der Waals surface area (Å²) < 4.78 is 3.22. The van der Waals surface area contributed by atoms with Crippen LogP contribution in [0.2, 0.25) is 0 Å². The third-order valence-electron chi connectivity index (χ3n) is 3.04. The first kappa shape index (κ1) is 13.0. The summed E-state index contributed by atoms with van der Waals surface area (Å²) in [6, 6.07) is 0. The smallest absolute Gasteiger partial charge is 0.258 e. The highest BCUT2D eigenvalue weighted by atomic mass is 15.4. The molecule has 108 valence electrons. The van der Waals surface area contributed by atoms with Gasteiger partial charge < -0.3 is 11.1 Å². The molecule has 0 aliphatic heterocycles. The summed E-state index contributed by atoms with van der Waals surface area (Å²) in [6.45, 7) is 2.53. The summed E-state index contributed by atoms with van der Waals surface area (Å²) in [5.74, 6) is 0.794. The predicted molar refractivity (Wildman–Crippen MR) is 74.4 cm³/mol. The fourth-order valence-electron chi connectivity index (χ4n) is 1.77. The van der Waals surface area contributed by atoms with Crippen molar-refractivity contribution in [3.05, 3.63) is 30.1 Å². The zero-order valence-corrected chi connectivity index (χ0v) is 11.6. The number of rotatable bonds is 4. The van der Waals surface area contributed by atoms with Crippen molar-refractivity contribution in [2.75, 3.05) is 11.1 Å². The van der Waals surface area contributed by atoms with Crippen molar-refractivity contribution in [1.29, 1.82) is 0 Å². The first-order valence-electron chi connectivity index (χ1n) is 6.21. The van der Waals surface area contributed by atoms with Crippen molar-refractivity contribution in [3.63, 3.8) is 0 Å². The van der Waals surface area contributed by atoms with E-state index < -0.39 is 0 Å². The van der Waals surface area contributed by atoms with Gasteiger partial charge in [0.1, 0.15) is 12.7 Å². The topological polar surface area (TPSA) is 125 Å². The zero-order valence-electron chi connectivity index (χ0n) is 11.6. The van der Waals surface area contributed by atoms with E-state index >= 15 is 0 Å². The van der Waals surface area contributed by atoms with Gasteiger partial charge in [-0.2, -0.15) is 29.8 Å². The lowest BCUT2D eigenvalue weighted by Gasteiger charge is -2.06. The van der Waals surface area contributed by atoms with Gasteiger partial charge in [0, 0.05) is 24.8 Å². The van der Waals surface area contributed by atoms with Gasteiger partial charge in [-0.3, -0.25) is 4.68 Å². The third kappa shape index (κ3) is 2.63. The molecule has 0 saturated heterocycles. The number of hydrogen-bond donors (Lipinski definition) is 2. The molecule has 0 atom stereocenters. The number of aryl methyl sites for hydroxylation is 1. The third-order valence-corrected chi connectivity index (χ3v) is 3.04. The Morgan fingerprint density at radius 1 is 1.24 bits per heavy atom. The van der Waals surface area contributed by atoms with E-state index in [1.165, 1.54) is 17.3 Å². The van der Waals surface area contributed by atoms with Crippen LogP contribution < -0.4 is 11.1 Å². The second-order valence-electron chi connectivity index (χ2n) is 4.39. The van der Waals surface area contributed by atoms with Gasteiger partial charge in [-0.05, 0) is 6.92 Å². The molecule has 3 heterocycles. The van der Waals surface area contributed by atoms with Gasteiger partial charge >= 0.3 is 0 Å². The van der Waals surface area contributed by atoms with Gasteiger partial charge in [0.2, 0.25) is 11.9 Å². The Morgan fingerprint density at radius 3 is 2.76 bits per heavy atom. The van der Waals surface area contributed by atoms with E-state index in [9.17, 15) is 0 Å². The molecule has 0 radical (unpaired) electrons. The maximum atomic E-state index is 5.69. The highest BCUT2D eigenvalue weighted by Crippen LogP contribution is 2.10. The fraction of sp³-hybridized carbons (Fsp3) is 0.273. The summed E-state index contributed by atoms with van der Waals surface area (Å²) in [5.41, 5.74) is 7.81. The number of nitrogens with one attached hydrogen (secondary N) is 1. The lowest BCUT2D eigenvalue weighted by atomic mass is 10.2. The van der Waals surface area contributed by atoms with Gasteiger partial charge in [-0.25, -0.2) is 4.98 Å². The Kier molecular flexibility index (Phi) is 3.18. The van der Waals surface area contributed by atoms with Crippen LogP contribution in [-0.4, -0.2) is 39.5 Å². The monoisotopic (exact) mass is 286 g/mol. The second kappa shape index (κ2) is 5.15. The van der Waals surface area contributed by atoms with Crippen LogP contribution in [0, 0.1) is 6.92 Å². The van der Waals surface area contributed by atoms with Crippen molar-refractivity contribution in [3.8, 4) is 5.95 Å². The Bertz CT molecular complexity index is 744. The quantitative estimate of drug-likeness (QED) is 0.669. The Hall–Kier alpha value is -3.04. The minimum atomic E-state index is 0.112. The molecule has 0 amide bonds. The number of anilines is 2. The van der Waals surface area contributed by atoms with Crippen molar-refractivity contribution < 1.29 is 0 Å². The summed E-state index contributed by atoms with van der Waals surface area (Å²) in [5, 5.41) is 11.2. The number of nitrogen functional groups attached to an aromatic ring is 1. The van der Waals surface area contributed by atoms with E-state index in [-0.39, 0.29) is 5.95 Å². The normalized spacial score (nSPS) is 10.8. The molecular weight excluding hydrogens is 272 g/mol. The molecule has 0 bridgehead atoms. The number of nitrogens with zero attached hydrogens (tertiary/aromatic N) is 8. The first-order valence-corrected chi connectivity index (χ1v) is 6.21. The SMILES string of the molecule is Cc1c(CNc2nc(N)nc(-n3cncn3)n2)cnn1C. The van der Waals surface area contributed by atoms with Crippen LogP contribution in [0.4, 0.5) is 11.9 Å². The maximum absolute atomic E-state index is 5.69. The van der Waals surface area contributed by atoms with Crippen molar-refractivity contribution >= 4 is 11.9 Å². The average Bonchev–Trinajstić information content (AvgIpc) is 3.09. The van der Waals surface area contributed by atoms with Crippen molar-refractivity contribution in [1.82, 2.24) is 39.5 Å². The molecule has 21 heavy (non-hydrogen) atoms. The molecule has 0 aromatic carbocycles. The van der Waals surface area contributed by atoms with E-state index in [1.807, 2.05) is 14.0 Å². The van der Waals surface area contributed by atoms with Gasteiger partial charge in [0.25, 0.3) is 5.95 Å². The van der Waals surface area contributed by atoms with Crippen LogP contribution in [0.1, 0.15) is 11.3 Å². The molecule has 0 aliphatic rings. The molecule has 0 saturated carbocycles. The highest BCUT2D eigenvalue weighted by Gasteiger charge is 2.08. The standard InChI is InChI=1S/C11H14N10/c1-7-8(4-15-20(7)2)3-14-10-17-9(12)18-11(19-10)21-6-13-5-16-21/h4-6H,3H2,1-2H3,(H3,12,14,17,18,19). The zero-order chi connectivity index (χ0) is 14.8. The maximum Gasteiger partial charge on any atom is 0.258 e. The average molecular weight is 286 g/mol. The molecule has 3 rings (SSSR count). The van der Waals surface area contributed by atoms with Gasteiger partial charge in [0.15, 0.2) is 0 Å². The lowest BCUT2D eigenvalue weighted by molar-refractivity contribution is 0.738. The Labute approximate surface area is 120 Å². The largest absolute Gasteiger partial charge is 0.368 e. The summed E-state index contributed by atoms with van der Waals surface area (Å²) >= 11 is 0. The van der Waals surface area contributed by atoms with E-state index in [0.29, 0.717) is 18.4 Å². The predicted octanol–water partition coefficient (Wildman–Crippen LogP) is -0.311.